The number of benzene rings is 2. The van der Waals surface area contributed by atoms with Crippen LogP contribution in [0.2, 0.25) is 0 Å². The van der Waals surface area contributed by atoms with E-state index in [1.54, 1.807) is 0 Å². The zero-order valence-electron chi connectivity index (χ0n) is 15.7. The lowest BCUT2D eigenvalue weighted by Gasteiger charge is -2.40. The van der Waals surface area contributed by atoms with E-state index in [1.165, 1.54) is 0 Å². The highest BCUT2D eigenvalue weighted by Gasteiger charge is 2.31. The van der Waals surface area contributed by atoms with E-state index < -0.39 is 6.10 Å². The van der Waals surface area contributed by atoms with Crippen molar-refractivity contribution in [3.8, 4) is 5.75 Å². The van der Waals surface area contributed by atoms with Gasteiger partial charge < -0.3 is 14.6 Å². The fourth-order valence-electron chi connectivity index (χ4n) is 3.34. The van der Waals surface area contributed by atoms with E-state index in [2.05, 4.69) is 39.9 Å². The molecule has 148 valence electrons. The highest BCUT2D eigenvalue weighted by Crippen LogP contribution is 2.29. The summed E-state index contributed by atoms with van der Waals surface area (Å²) in [6.45, 7) is 6.52. The fraction of sp³-hybridized carbons (Fsp3) is 0.429. The summed E-state index contributed by atoms with van der Waals surface area (Å²) in [6.07, 6.45) is -0.525. The summed E-state index contributed by atoms with van der Waals surface area (Å²) in [7, 11) is 0. The largest absolute Gasteiger partial charge is 0.491 e. The van der Waals surface area contributed by atoms with Gasteiger partial charge in [-0.2, -0.15) is 0 Å². The number of aryl methyl sites for hydroxylation is 1. The van der Waals surface area contributed by atoms with Gasteiger partial charge in [-0.3, -0.25) is 4.90 Å². The number of ether oxygens (including phenoxy) is 2. The monoisotopic (exact) mass is 455 g/mol. The Morgan fingerprint density at radius 1 is 1.26 bits per heavy atom. The van der Waals surface area contributed by atoms with Crippen molar-refractivity contribution in [1.82, 2.24) is 4.90 Å². The molecule has 0 amide bonds. The van der Waals surface area contributed by atoms with Crippen LogP contribution in [0.3, 0.4) is 0 Å². The third-order valence-corrected chi connectivity index (χ3v) is 5.29. The van der Waals surface area contributed by atoms with Gasteiger partial charge >= 0.3 is 0 Å². The van der Waals surface area contributed by atoms with E-state index in [0.29, 0.717) is 13.2 Å². The Kier molecular flexibility index (Phi) is 8.58. The Labute approximate surface area is 176 Å². The number of nitrogens with zero attached hydrogens (tertiary/aromatic N) is 1. The van der Waals surface area contributed by atoms with E-state index >= 15 is 0 Å². The molecule has 1 heterocycles. The molecule has 1 fully saturated rings. The van der Waals surface area contributed by atoms with Gasteiger partial charge in [-0.15, -0.1) is 12.4 Å². The molecule has 0 aliphatic carbocycles. The first-order valence-corrected chi connectivity index (χ1v) is 9.81. The predicted octanol–water partition coefficient (Wildman–Crippen LogP) is 4.38. The maximum absolute atomic E-state index is 10.4. The smallest absolute Gasteiger partial charge is 0.119 e. The molecule has 1 N–H and O–H groups in total. The Hall–Kier alpha value is -1.11. The lowest BCUT2D eigenvalue weighted by molar-refractivity contribution is -0.0804. The minimum atomic E-state index is -0.540. The number of rotatable bonds is 6. The summed E-state index contributed by atoms with van der Waals surface area (Å²) in [5, 5.41) is 10.4. The zero-order chi connectivity index (χ0) is 18.5. The van der Waals surface area contributed by atoms with Gasteiger partial charge in [-0.1, -0.05) is 40.2 Å². The van der Waals surface area contributed by atoms with Crippen LogP contribution < -0.4 is 4.74 Å². The predicted molar refractivity (Wildman–Crippen MR) is 114 cm³/mol. The topological polar surface area (TPSA) is 41.9 Å². The molecule has 1 aliphatic heterocycles. The van der Waals surface area contributed by atoms with Crippen LogP contribution in [0.5, 0.6) is 5.75 Å². The van der Waals surface area contributed by atoms with Crippen LogP contribution in [-0.4, -0.2) is 48.5 Å². The average molecular weight is 457 g/mol. The van der Waals surface area contributed by atoms with Crippen molar-refractivity contribution in [2.24, 2.45) is 0 Å². The van der Waals surface area contributed by atoms with Crippen LogP contribution in [0.15, 0.2) is 53.0 Å². The van der Waals surface area contributed by atoms with E-state index in [-0.39, 0.29) is 31.2 Å². The van der Waals surface area contributed by atoms with Gasteiger partial charge in [0.1, 0.15) is 18.5 Å². The van der Waals surface area contributed by atoms with Gasteiger partial charge in [-0.25, -0.2) is 0 Å². The molecule has 2 aromatic carbocycles. The zero-order valence-corrected chi connectivity index (χ0v) is 18.1. The molecular formula is C21H27BrClNO3. The molecule has 0 spiro atoms. The second kappa shape index (κ2) is 10.4. The lowest BCUT2D eigenvalue weighted by Crippen LogP contribution is -2.49. The second-order valence-electron chi connectivity index (χ2n) is 6.86. The van der Waals surface area contributed by atoms with Gasteiger partial charge in [0.2, 0.25) is 0 Å². The van der Waals surface area contributed by atoms with Crippen molar-refractivity contribution in [2.45, 2.75) is 32.1 Å². The van der Waals surface area contributed by atoms with E-state index in [1.807, 2.05) is 43.3 Å². The summed E-state index contributed by atoms with van der Waals surface area (Å²) in [5.41, 5.74) is 2.31. The number of β-amino-alcohol motifs (C(OH)–C–C–N with tert-alkyl or cyclic N) is 1. The fourth-order valence-corrected chi connectivity index (χ4v) is 3.60. The van der Waals surface area contributed by atoms with Crippen LogP contribution in [0, 0.1) is 6.92 Å². The van der Waals surface area contributed by atoms with Gasteiger partial charge in [0.05, 0.1) is 12.7 Å². The van der Waals surface area contributed by atoms with E-state index in [9.17, 15) is 5.11 Å². The first-order chi connectivity index (χ1) is 12.5. The molecule has 2 aromatic rings. The molecule has 3 rings (SSSR count). The summed E-state index contributed by atoms with van der Waals surface area (Å²) in [4.78, 5) is 2.28. The molecule has 27 heavy (non-hydrogen) atoms. The molecule has 0 radical (unpaired) electrons. The number of morpholine rings is 1. The number of aliphatic hydroxyl groups excluding tert-OH is 1. The van der Waals surface area contributed by atoms with Gasteiger partial charge in [0, 0.05) is 23.6 Å². The van der Waals surface area contributed by atoms with Crippen molar-refractivity contribution in [1.29, 1.82) is 0 Å². The van der Waals surface area contributed by atoms with Crippen LogP contribution in [-0.2, 0) is 4.74 Å². The normalized spacial score (nSPS) is 21.3. The van der Waals surface area contributed by atoms with Gasteiger partial charge in [0.25, 0.3) is 0 Å². The maximum atomic E-state index is 10.4. The Bertz CT molecular complexity index is 713. The van der Waals surface area contributed by atoms with E-state index in [0.717, 1.165) is 27.9 Å². The van der Waals surface area contributed by atoms with Gasteiger partial charge in [-0.05, 0) is 49.2 Å². The third-order valence-electron chi connectivity index (χ3n) is 4.77. The maximum Gasteiger partial charge on any atom is 0.119 e. The van der Waals surface area contributed by atoms with Crippen LogP contribution in [0.1, 0.15) is 24.2 Å². The van der Waals surface area contributed by atoms with Gasteiger partial charge in [0.15, 0.2) is 0 Å². The molecule has 0 bridgehead atoms. The SMILES string of the molecule is Cc1cccc(OCC(O)CN2CCOC(c3ccc(Br)cc3)C2C)c1.Cl. The second-order valence-corrected chi connectivity index (χ2v) is 7.78. The number of hydrogen-bond acceptors (Lipinski definition) is 4. The van der Waals surface area contributed by atoms with Crippen molar-refractivity contribution < 1.29 is 14.6 Å². The molecule has 0 saturated carbocycles. The third kappa shape index (κ3) is 6.19. The molecule has 3 atom stereocenters. The number of aliphatic hydroxyl groups is 1. The number of hydrogen-bond donors (Lipinski definition) is 1. The highest BCUT2D eigenvalue weighted by atomic mass is 79.9. The first kappa shape index (κ1) is 22.2. The Morgan fingerprint density at radius 3 is 2.70 bits per heavy atom. The molecule has 1 aliphatic rings. The van der Waals surface area contributed by atoms with Crippen LogP contribution in [0.4, 0.5) is 0 Å². The average Bonchev–Trinajstić information content (AvgIpc) is 2.63. The highest BCUT2D eigenvalue weighted by molar-refractivity contribution is 9.10. The quantitative estimate of drug-likeness (QED) is 0.700. The summed E-state index contributed by atoms with van der Waals surface area (Å²) < 4.78 is 12.8. The summed E-state index contributed by atoms with van der Waals surface area (Å²) in [5.74, 6) is 0.798. The Morgan fingerprint density at radius 2 is 2.00 bits per heavy atom. The molecule has 3 unspecified atom stereocenters. The Balaban J connectivity index is 0.00000261. The first-order valence-electron chi connectivity index (χ1n) is 9.01. The minimum absolute atomic E-state index is 0. The molecular weight excluding hydrogens is 430 g/mol. The molecule has 1 saturated heterocycles. The van der Waals surface area contributed by atoms with Crippen LogP contribution >= 0.6 is 28.3 Å². The van der Waals surface area contributed by atoms with Crippen LogP contribution in [0.25, 0.3) is 0 Å². The van der Waals surface area contributed by atoms with Crippen molar-refractivity contribution >= 4 is 28.3 Å². The molecule has 4 nitrogen and oxygen atoms in total. The molecule has 6 heteroatoms. The minimum Gasteiger partial charge on any atom is -0.491 e. The van der Waals surface area contributed by atoms with Crippen molar-refractivity contribution in [3.63, 3.8) is 0 Å². The number of halogens is 2. The summed E-state index contributed by atoms with van der Waals surface area (Å²) >= 11 is 3.47. The lowest BCUT2D eigenvalue weighted by atomic mass is 10.0. The standard InChI is InChI=1S/C21H26BrNO3.ClH/c1-15-4-3-5-20(12-15)26-14-19(24)13-23-10-11-25-21(16(23)2)17-6-8-18(22)9-7-17;/h3-9,12,16,19,21,24H,10-11,13-14H2,1-2H3;1H. The van der Waals surface area contributed by atoms with Crippen molar-refractivity contribution in [2.75, 3.05) is 26.3 Å². The molecule has 0 aromatic heterocycles. The summed E-state index contributed by atoms with van der Waals surface area (Å²) in [6, 6.07) is 16.3. The van der Waals surface area contributed by atoms with Crippen molar-refractivity contribution in [3.05, 3.63) is 64.1 Å². The van der Waals surface area contributed by atoms with E-state index in [4.69, 9.17) is 9.47 Å².